The quantitative estimate of drug-likeness (QED) is 0.852. The molecule has 0 saturated carbocycles. The number of hydrogen-bond donors (Lipinski definition) is 0. The number of rotatable bonds is 4. The summed E-state index contributed by atoms with van der Waals surface area (Å²) in [6.07, 6.45) is 2.84. The molecule has 2 atom stereocenters. The zero-order valence-electron chi connectivity index (χ0n) is 14.3. The highest BCUT2D eigenvalue weighted by molar-refractivity contribution is 5.17. The molecular weight excluding hydrogens is 298 g/mol. The van der Waals surface area contributed by atoms with Crippen molar-refractivity contribution < 1.29 is 8.78 Å². The Morgan fingerprint density at radius 2 is 2.17 bits per heavy atom. The molecule has 0 aromatic carbocycles. The molecule has 4 nitrogen and oxygen atoms in total. The number of likely N-dealkylation sites (tertiary alicyclic amines) is 1. The molecule has 23 heavy (non-hydrogen) atoms. The molecule has 0 amide bonds. The van der Waals surface area contributed by atoms with Gasteiger partial charge >= 0.3 is 0 Å². The van der Waals surface area contributed by atoms with Gasteiger partial charge in [-0.25, -0.2) is 18.8 Å². The van der Waals surface area contributed by atoms with E-state index in [1.54, 1.807) is 12.3 Å². The van der Waals surface area contributed by atoms with E-state index >= 15 is 0 Å². The molecule has 2 rings (SSSR count). The van der Waals surface area contributed by atoms with E-state index in [1.807, 2.05) is 24.6 Å². The summed E-state index contributed by atoms with van der Waals surface area (Å²) in [7, 11) is 3.93. The van der Waals surface area contributed by atoms with Crippen LogP contribution in [0.25, 0.3) is 0 Å². The van der Waals surface area contributed by atoms with Gasteiger partial charge in [0.25, 0.3) is 6.43 Å². The molecule has 1 fully saturated rings. The Hall–Kier alpha value is -1.56. The number of nitrogens with zero attached hydrogens (tertiary/aromatic N) is 4. The molecule has 1 aromatic heterocycles. The van der Waals surface area contributed by atoms with E-state index in [2.05, 4.69) is 28.8 Å². The molecule has 2 heterocycles. The lowest BCUT2D eigenvalue weighted by molar-refractivity contribution is 0.144. The predicted octanol–water partition coefficient (Wildman–Crippen LogP) is 3.24. The van der Waals surface area contributed by atoms with Crippen LogP contribution in [0.4, 0.5) is 8.78 Å². The normalized spacial score (nSPS) is 24.0. The molecular formula is C17H26F2N4. The number of allylic oxidation sites excluding steroid dienone is 1. The third kappa shape index (κ3) is 4.25. The van der Waals surface area contributed by atoms with Gasteiger partial charge in [-0.2, -0.15) is 0 Å². The first-order valence-corrected chi connectivity index (χ1v) is 8.17. The second-order valence-electron chi connectivity index (χ2n) is 6.32. The summed E-state index contributed by atoms with van der Waals surface area (Å²) in [5.41, 5.74) is 1.03. The number of likely N-dealkylation sites (N-methyl/N-ethyl adjacent to an activating group) is 1. The first-order valence-electron chi connectivity index (χ1n) is 8.17. The van der Waals surface area contributed by atoms with Crippen molar-refractivity contribution in [2.45, 2.75) is 39.0 Å². The van der Waals surface area contributed by atoms with Crippen molar-refractivity contribution in [2.75, 3.05) is 20.1 Å². The van der Waals surface area contributed by atoms with E-state index in [-0.39, 0.29) is 11.6 Å². The van der Waals surface area contributed by atoms with Gasteiger partial charge < -0.3 is 9.47 Å². The molecule has 0 spiro atoms. The minimum absolute atomic E-state index is 0.192. The lowest BCUT2D eigenvalue weighted by Gasteiger charge is -2.36. The van der Waals surface area contributed by atoms with Crippen LogP contribution in [-0.4, -0.2) is 34.6 Å². The van der Waals surface area contributed by atoms with Gasteiger partial charge in [0.15, 0.2) is 0 Å². The van der Waals surface area contributed by atoms with Crippen LogP contribution in [-0.2, 0) is 7.05 Å². The monoisotopic (exact) mass is 324 g/mol. The SMILES string of the molecule is CC/C=C/N=c1/nc(C(F)F)cc(C2CN(C)CCC2C)n1C. The fourth-order valence-electron chi connectivity index (χ4n) is 3.01. The minimum Gasteiger partial charge on any atom is -0.317 e. The van der Waals surface area contributed by atoms with Crippen molar-refractivity contribution in [1.29, 1.82) is 0 Å². The topological polar surface area (TPSA) is 33.4 Å². The van der Waals surface area contributed by atoms with Gasteiger partial charge in [-0.3, -0.25) is 0 Å². The van der Waals surface area contributed by atoms with Crippen LogP contribution in [0.1, 0.15) is 50.4 Å². The van der Waals surface area contributed by atoms with Gasteiger partial charge in [-0.1, -0.05) is 19.9 Å². The minimum atomic E-state index is -2.59. The highest BCUT2D eigenvalue weighted by atomic mass is 19.3. The largest absolute Gasteiger partial charge is 0.317 e. The Morgan fingerprint density at radius 1 is 1.43 bits per heavy atom. The van der Waals surface area contributed by atoms with Gasteiger partial charge in [0, 0.05) is 31.4 Å². The van der Waals surface area contributed by atoms with Gasteiger partial charge in [0.1, 0.15) is 5.69 Å². The van der Waals surface area contributed by atoms with Crippen molar-refractivity contribution in [3.63, 3.8) is 0 Å². The molecule has 1 aliphatic rings. The highest BCUT2D eigenvalue weighted by Crippen LogP contribution is 2.31. The van der Waals surface area contributed by atoms with Crippen LogP contribution < -0.4 is 5.62 Å². The molecule has 1 saturated heterocycles. The molecule has 0 bridgehead atoms. The average Bonchev–Trinajstić information content (AvgIpc) is 2.51. The van der Waals surface area contributed by atoms with Crippen LogP contribution in [0.5, 0.6) is 0 Å². The smallest absolute Gasteiger partial charge is 0.280 e. The maximum Gasteiger partial charge on any atom is 0.280 e. The Kier molecular flexibility index (Phi) is 6.04. The average molecular weight is 324 g/mol. The van der Waals surface area contributed by atoms with E-state index in [4.69, 9.17) is 0 Å². The van der Waals surface area contributed by atoms with Gasteiger partial charge in [0.05, 0.1) is 0 Å². The maximum absolute atomic E-state index is 13.2. The van der Waals surface area contributed by atoms with Crippen LogP contribution in [0.2, 0.25) is 0 Å². The lowest BCUT2D eigenvalue weighted by Crippen LogP contribution is -2.38. The standard InChI is InChI=1S/C17H26F2N4/c1-5-6-8-20-17-21-14(16(18)19)10-15(23(17)4)13-11-22(3)9-7-12(13)2/h6,8,10,12-13,16H,5,7,9,11H2,1-4H3/b8-6+,20-17-. The summed E-state index contributed by atoms with van der Waals surface area (Å²) in [6, 6.07) is 1.55. The van der Waals surface area contributed by atoms with E-state index in [0.717, 1.165) is 31.6 Å². The Balaban J connectivity index is 2.53. The maximum atomic E-state index is 13.2. The van der Waals surface area contributed by atoms with Crippen LogP contribution in [0.3, 0.4) is 0 Å². The lowest BCUT2D eigenvalue weighted by atomic mass is 9.84. The first kappa shape index (κ1) is 17.8. The summed E-state index contributed by atoms with van der Waals surface area (Å²) in [4.78, 5) is 10.5. The highest BCUT2D eigenvalue weighted by Gasteiger charge is 2.28. The molecule has 1 aliphatic heterocycles. The number of piperidine rings is 1. The second kappa shape index (κ2) is 7.81. The zero-order chi connectivity index (χ0) is 17.0. The summed E-state index contributed by atoms with van der Waals surface area (Å²) in [6.45, 7) is 6.10. The number of halogens is 2. The Labute approximate surface area is 136 Å². The van der Waals surface area contributed by atoms with Crippen molar-refractivity contribution in [3.8, 4) is 0 Å². The molecule has 128 valence electrons. The number of aromatic nitrogens is 2. The summed E-state index contributed by atoms with van der Waals surface area (Å²) in [5, 5.41) is 0. The van der Waals surface area contributed by atoms with Crippen molar-refractivity contribution >= 4 is 0 Å². The molecule has 0 aliphatic carbocycles. The Bertz CT molecular complexity index is 622. The first-order chi connectivity index (χ1) is 10.9. The van der Waals surface area contributed by atoms with Gasteiger partial charge in [0.2, 0.25) is 5.62 Å². The molecule has 0 radical (unpaired) electrons. The molecule has 2 unspecified atom stereocenters. The molecule has 1 aromatic rings. The van der Waals surface area contributed by atoms with Crippen LogP contribution in [0, 0.1) is 5.92 Å². The van der Waals surface area contributed by atoms with Crippen molar-refractivity contribution in [2.24, 2.45) is 18.0 Å². The zero-order valence-corrected chi connectivity index (χ0v) is 14.3. The van der Waals surface area contributed by atoms with E-state index in [1.165, 1.54) is 0 Å². The fraction of sp³-hybridized carbons (Fsp3) is 0.647. The Morgan fingerprint density at radius 3 is 2.83 bits per heavy atom. The van der Waals surface area contributed by atoms with Crippen LogP contribution in [0.15, 0.2) is 23.3 Å². The predicted molar refractivity (Wildman–Crippen MR) is 87.2 cm³/mol. The second-order valence-corrected chi connectivity index (χ2v) is 6.32. The summed E-state index contributed by atoms with van der Waals surface area (Å²) >= 11 is 0. The van der Waals surface area contributed by atoms with E-state index < -0.39 is 6.43 Å². The number of alkyl halides is 2. The third-order valence-corrected chi connectivity index (χ3v) is 4.51. The van der Waals surface area contributed by atoms with Gasteiger partial charge in [-0.05, 0) is 38.4 Å². The van der Waals surface area contributed by atoms with Crippen molar-refractivity contribution in [1.82, 2.24) is 14.5 Å². The molecule has 0 N–H and O–H groups in total. The van der Waals surface area contributed by atoms with E-state index in [0.29, 0.717) is 11.5 Å². The van der Waals surface area contributed by atoms with Crippen LogP contribution >= 0.6 is 0 Å². The van der Waals surface area contributed by atoms with E-state index in [9.17, 15) is 8.78 Å². The van der Waals surface area contributed by atoms with Gasteiger partial charge in [-0.15, -0.1) is 0 Å². The third-order valence-electron chi connectivity index (χ3n) is 4.51. The van der Waals surface area contributed by atoms with Crippen molar-refractivity contribution in [3.05, 3.63) is 35.3 Å². The summed E-state index contributed by atoms with van der Waals surface area (Å²) in [5.74, 6) is 0.660. The number of hydrogen-bond acceptors (Lipinski definition) is 3. The fourth-order valence-corrected chi connectivity index (χ4v) is 3.01. The molecule has 6 heteroatoms. The summed E-state index contributed by atoms with van der Waals surface area (Å²) < 4.78 is 28.3.